The van der Waals surface area contributed by atoms with Crippen LogP contribution in [0.5, 0.6) is 0 Å². The first-order valence-corrected chi connectivity index (χ1v) is 16.4. The number of anilines is 1. The standard InChI is InChI=1S/C40H30F6N4O2/c41-39(42,43)23-47-37(52)38(30-15-6-4-12-28(30)29-13-5-7-16-31(29)38)20-9-21-50-24-48-33-22-26(18-19-34(33)50)49-36(51)35-27(25-10-2-1-3-11-25)14-8-17-32(35)40(44,45)46/h1-8,10-19,22,24H,9,20-21,23H2,(H,47,52)(H,49,51). The Morgan fingerprint density at radius 2 is 1.37 bits per heavy atom. The fraction of sp³-hybridized carbons (Fsp3) is 0.175. The van der Waals surface area contributed by atoms with E-state index in [1.807, 2.05) is 28.8 Å². The molecule has 0 bridgehead atoms. The number of aromatic nitrogens is 2. The molecule has 264 valence electrons. The fourth-order valence-electron chi connectivity index (χ4n) is 7.20. The highest BCUT2D eigenvalue weighted by molar-refractivity contribution is 6.10. The van der Waals surface area contributed by atoms with Gasteiger partial charge >= 0.3 is 12.4 Å². The van der Waals surface area contributed by atoms with Crippen LogP contribution in [0.3, 0.4) is 0 Å². The second-order valence-corrected chi connectivity index (χ2v) is 12.6. The van der Waals surface area contributed by atoms with Gasteiger partial charge in [-0.25, -0.2) is 4.98 Å². The molecule has 0 radical (unpaired) electrons. The first-order chi connectivity index (χ1) is 24.9. The predicted octanol–water partition coefficient (Wildman–Crippen LogP) is 9.40. The number of hydrogen-bond acceptors (Lipinski definition) is 3. The number of aryl methyl sites for hydroxylation is 1. The van der Waals surface area contributed by atoms with Gasteiger partial charge in [-0.3, -0.25) is 9.59 Å². The smallest absolute Gasteiger partial charge is 0.346 e. The molecule has 2 amide bonds. The lowest BCUT2D eigenvalue weighted by Gasteiger charge is -2.31. The van der Waals surface area contributed by atoms with Crippen molar-refractivity contribution in [1.29, 1.82) is 0 Å². The van der Waals surface area contributed by atoms with Crippen LogP contribution < -0.4 is 10.6 Å². The van der Waals surface area contributed by atoms with Gasteiger partial charge in [-0.15, -0.1) is 0 Å². The zero-order chi connectivity index (χ0) is 36.7. The summed E-state index contributed by atoms with van der Waals surface area (Å²) < 4.78 is 83.9. The SMILES string of the molecule is O=C(Nc1ccc2c(c1)ncn2CCCC1(C(=O)NCC(F)(F)F)c2ccccc2-c2ccccc21)c1c(-c2ccccc2)cccc1C(F)(F)F. The molecule has 1 aliphatic rings. The van der Waals surface area contributed by atoms with Gasteiger partial charge in [-0.05, 0) is 70.5 Å². The summed E-state index contributed by atoms with van der Waals surface area (Å²) in [6.45, 7) is -1.11. The molecule has 1 aliphatic carbocycles. The maximum atomic E-state index is 14.1. The molecule has 0 fully saturated rings. The number of halogens is 6. The molecule has 7 rings (SSSR count). The third-order valence-electron chi connectivity index (χ3n) is 9.41. The third-order valence-corrected chi connectivity index (χ3v) is 9.41. The second-order valence-electron chi connectivity index (χ2n) is 12.6. The molecular formula is C40H30F6N4O2. The van der Waals surface area contributed by atoms with Crippen molar-refractivity contribution in [3.05, 3.63) is 144 Å². The minimum absolute atomic E-state index is 0.135. The summed E-state index contributed by atoms with van der Waals surface area (Å²) in [5.74, 6) is -1.67. The van der Waals surface area contributed by atoms with Crippen LogP contribution in [0.2, 0.25) is 0 Å². The Kier molecular flexibility index (Phi) is 8.85. The van der Waals surface area contributed by atoms with Crippen LogP contribution in [-0.4, -0.2) is 34.1 Å². The average Bonchev–Trinajstić information content (AvgIpc) is 3.66. The quantitative estimate of drug-likeness (QED) is 0.147. The molecule has 0 atom stereocenters. The summed E-state index contributed by atoms with van der Waals surface area (Å²) in [5.41, 5.74) is 1.85. The third kappa shape index (κ3) is 6.40. The molecule has 52 heavy (non-hydrogen) atoms. The van der Waals surface area contributed by atoms with Crippen molar-refractivity contribution >= 4 is 28.5 Å². The van der Waals surface area contributed by atoms with E-state index in [0.717, 1.165) is 17.2 Å². The number of carbonyl (C=O) groups is 2. The number of nitrogens with one attached hydrogen (secondary N) is 2. The molecule has 2 N–H and O–H groups in total. The average molecular weight is 713 g/mol. The summed E-state index contributed by atoms with van der Waals surface area (Å²) in [5, 5.41) is 4.75. The number of benzene rings is 5. The molecule has 1 aromatic heterocycles. The van der Waals surface area contributed by atoms with Gasteiger partial charge in [0.05, 0.1) is 28.5 Å². The molecule has 0 unspecified atom stereocenters. The Labute approximate surface area is 294 Å². The van der Waals surface area contributed by atoms with Gasteiger partial charge in [0.2, 0.25) is 5.91 Å². The van der Waals surface area contributed by atoms with E-state index in [0.29, 0.717) is 40.7 Å². The zero-order valence-corrected chi connectivity index (χ0v) is 27.4. The van der Waals surface area contributed by atoms with Crippen molar-refractivity contribution in [1.82, 2.24) is 14.9 Å². The van der Waals surface area contributed by atoms with E-state index >= 15 is 0 Å². The summed E-state index contributed by atoms with van der Waals surface area (Å²) in [6.07, 6.45) is -7.23. The molecule has 6 nitrogen and oxygen atoms in total. The summed E-state index contributed by atoms with van der Waals surface area (Å²) in [7, 11) is 0. The van der Waals surface area contributed by atoms with Crippen molar-refractivity contribution in [3.63, 3.8) is 0 Å². The van der Waals surface area contributed by atoms with E-state index in [1.165, 1.54) is 12.1 Å². The number of imidazole rings is 1. The van der Waals surface area contributed by atoms with E-state index in [-0.39, 0.29) is 17.7 Å². The second kappa shape index (κ2) is 13.3. The van der Waals surface area contributed by atoms with Crippen LogP contribution in [0.4, 0.5) is 32.0 Å². The number of amides is 2. The lowest BCUT2D eigenvalue weighted by Crippen LogP contribution is -2.47. The molecule has 0 spiro atoms. The number of fused-ring (bicyclic) bond motifs is 4. The Balaban J connectivity index is 1.14. The van der Waals surface area contributed by atoms with Gasteiger partial charge in [0.1, 0.15) is 12.0 Å². The molecule has 0 aliphatic heterocycles. The molecule has 1 heterocycles. The van der Waals surface area contributed by atoms with E-state index < -0.39 is 47.3 Å². The highest BCUT2D eigenvalue weighted by Gasteiger charge is 2.49. The van der Waals surface area contributed by atoms with Crippen molar-refractivity contribution in [2.45, 2.75) is 37.2 Å². The topological polar surface area (TPSA) is 76.0 Å². The van der Waals surface area contributed by atoms with Gasteiger partial charge in [0.15, 0.2) is 0 Å². The molecule has 0 saturated heterocycles. The van der Waals surface area contributed by atoms with Gasteiger partial charge < -0.3 is 15.2 Å². The number of carbonyl (C=O) groups excluding carboxylic acids is 2. The van der Waals surface area contributed by atoms with Gasteiger partial charge in [0.25, 0.3) is 5.91 Å². The lowest BCUT2D eigenvalue weighted by atomic mass is 9.73. The Morgan fingerprint density at radius 3 is 2.02 bits per heavy atom. The van der Waals surface area contributed by atoms with Crippen molar-refractivity contribution in [2.75, 3.05) is 11.9 Å². The first kappa shape index (κ1) is 34.5. The van der Waals surface area contributed by atoms with E-state index in [1.54, 1.807) is 79.1 Å². The Hall–Kier alpha value is -5.91. The monoisotopic (exact) mass is 712 g/mol. The molecule has 0 saturated carbocycles. The van der Waals surface area contributed by atoms with Crippen molar-refractivity contribution < 1.29 is 35.9 Å². The zero-order valence-electron chi connectivity index (χ0n) is 27.4. The predicted molar refractivity (Wildman–Crippen MR) is 186 cm³/mol. The van der Waals surface area contributed by atoms with Crippen LogP contribution in [0.25, 0.3) is 33.3 Å². The van der Waals surface area contributed by atoms with Crippen LogP contribution in [0.15, 0.2) is 122 Å². The number of hydrogen-bond donors (Lipinski definition) is 2. The number of alkyl halides is 6. The maximum absolute atomic E-state index is 14.1. The van der Waals surface area contributed by atoms with Crippen LogP contribution >= 0.6 is 0 Å². The number of nitrogens with zero attached hydrogens (tertiary/aromatic N) is 2. The lowest BCUT2D eigenvalue weighted by molar-refractivity contribution is -0.141. The molecule has 5 aromatic carbocycles. The maximum Gasteiger partial charge on any atom is 0.417 e. The highest BCUT2D eigenvalue weighted by atomic mass is 19.4. The van der Waals surface area contributed by atoms with Crippen molar-refractivity contribution in [2.24, 2.45) is 0 Å². The minimum Gasteiger partial charge on any atom is -0.346 e. The summed E-state index contributed by atoms with van der Waals surface area (Å²) >= 11 is 0. The van der Waals surface area contributed by atoms with Crippen molar-refractivity contribution in [3.8, 4) is 22.3 Å². The fourth-order valence-corrected chi connectivity index (χ4v) is 7.20. The van der Waals surface area contributed by atoms with Gasteiger partial charge in [0, 0.05) is 12.2 Å². The molecule has 12 heteroatoms. The van der Waals surface area contributed by atoms with Crippen LogP contribution in [-0.2, 0) is 22.9 Å². The molecular weight excluding hydrogens is 682 g/mol. The van der Waals surface area contributed by atoms with Gasteiger partial charge in [-0.1, -0.05) is 91.0 Å². The Bertz CT molecular complexity index is 2250. The molecule has 6 aromatic rings. The highest BCUT2D eigenvalue weighted by Crippen LogP contribution is 2.51. The van der Waals surface area contributed by atoms with E-state index in [9.17, 15) is 35.9 Å². The van der Waals surface area contributed by atoms with E-state index in [2.05, 4.69) is 15.6 Å². The minimum atomic E-state index is -4.78. The Morgan fingerprint density at radius 1 is 0.731 bits per heavy atom. The normalized spacial score (nSPS) is 13.4. The number of rotatable bonds is 9. The van der Waals surface area contributed by atoms with E-state index in [4.69, 9.17) is 0 Å². The summed E-state index contributed by atoms with van der Waals surface area (Å²) in [6, 6.07) is 31.2. The van der Waals surface area contributed by atoms with Crippen LogP contribution in [0, 0.1) is 0 Å². The first-order valence-electron chi connectivity index (χ1n) is 16.4. The van der Waals surface area contributed by atoms with Crippen LogP contribution in [0.1, 0.15) is 39.9 Å². The van der Waals surface area contributed by atoms with Gasteiger partial charge in [-0.2, -0.15) is 26.3 Å². The summed E-state index contributed by atoms with van der Waals surface area (Å²) in [4.78, 5) is 31.8. The largest absolute Gasteiger partial charge is 0.417 e.